The second-order valence-corrected chi connectivity index (χ2v) is 6.86. The van der Waals surface area contributed by atoms with E-state index in [9.17, 15) is 0 Å². The lowest BCUT2D eigenvalue weighted by Crippen LogP contribution is -2.09. The average molecular weight is 293 g/mol. The molecule has 0 atom stereocenters. The summed E-state index contributed by atoms with van der Waals surface area (Å²) in [5.41, 5.74) is 0. The zero-order valence-electron chi connectivity index (χ0n) is 5.58. The van der Waals surface area contributed by atoms with Crippen LogP contribution in [0.25, 0.3) is 0 Å². The van der Waals surface area contributed by atoms with Crippen LogP contribution in [0.4, 0.5) is 0 Å². The van der Waals surface area contributed by atoms with Crippen LogP contribution >= 0.6 is 69.6 Å². The minimum atomic E-state index is -1.45. The van der Waals surface area contributed by atoms with E-state index in [-0.39, 0.29) is 13.1 Å². The summed E-state index contributed by atoms with van der Waals surface area (Å²) in [4.78, 5) is 0. The minimum Gasteiger partial charge on any atom is -0.190 e. The molecule has 0 N–H and O–H groups in total. The van der Waals surface area contributed by atoms with Gasteiger partial charge in [-0.2, -0.15) is 10.2 Å². The molecule has 0 rings (SSSR count). The van der Waals surface area contributed by atoms with Gasteiger partial charge in [-0.05, 0) is 0 Å². The second kappa shape index (κ2) is 5.28. The van der Waals surface area contributed by atoms with E-state index in [1.54, 1.807) is 0 Å². The summed E-state index contributed by atoms with van der Waals surface area (Å²) in [6.07, 6.45) is 0. The van der Waals surface area contributed by atoms with Gasteiger partial charge < -0.3 is 0 Å². The molecule has 0 amide bonds. The Hall–Kier alpha value is 1.34. The summed E-state index contributed by atoms with van der Waals surface area (Å²) in [5, 5.41) is 7.01. The van der Waals surface area contributed by atoms with Crippen molar-refractivity contribution in [3.8, 4) is 0 Å². The lowest BCUT2D eigenvalue weighted by atomic mass is 10.7. The van der Waals surface area contributed by atoms with Gasteiger partial charge in [-0.25, -0.2) is 0 Å². The summed E-state index contributed by atoms with van der Waals surface area (Å²) in [7, 11) is 0. The molecule has 0 aromatic heterocycles. The van der Waals surface area contributed by atoms with Gasteiger partial charge in [0.15, 0.2) is 0 Å². The van der Waals surface area contributed by atoms with Gasteiger partial charge in [0.25, 0.3) is 0 Å². The topological polar surface area (TPSA) is 24.7 Å². The highest BCUT2D eigenvalue weighted by Gasteiger charge is 2.20. The summed E-state index contributed by atoms with van der Waals surface area (Å²) >= 11 is 32.2. The number of rotatable bonds is 2. The van der Waals surface area contributed by atoms with Gasteiger partial charge in [0, 0.05) is 0 Å². The fraction of sp³-hybridized carbons (Fsp3) is 1.00. The highest BCUT2D eigenvalue weighted by Crippen LogP contribution is 2.28. The van der Waals surface area contributed by atoms with E-state index in [1.807, 2.05) is 0 Å². The van der Waals surface area contributed by atoms with Crippen LogP contribution in [0.15, 0.2) is 10.2 Å². The molecule has 0 spiro atoms. The third kappa shape index (κ3) is 11.3. The fourth-order valence-corrected chi connectivity index (χ4v) is 0.581. The van der Waals surface area contributed by atoms with Crippen LogP contribution in [-0.4, -0.2) is 20.7 Å². The number of azo groups is 1. The molecule has 0 aliphatic rings. The number of hydrogen-bond acceptors (Lipinski definition) is 2. The molecule has 0 heterocycles. The van der Waals surface area contributed by atoms with Crippen LogP contribution < -0.4 is 0 Å². The van der Waals surface area contributed by atoms with E-state index in [4.69, 9.17) is 69.6 Å². The van der Waals surface area contributed by atoms with Gasteiger partial charge in [0.1, 0.15) is 13.1 Å². The minimum absolute atomic E-state index is 0.0571. The van der Waals surface area contributed by atoms with Gasteiger partial charge in [-0.1, -0.05) is 69.6 Å². The summed E-state index contributed by atoms with van der Waals surface area (Å²) in [5.74, 6) is 0. The first-order valence-corrected chi connectivity index (χ1v) is 4.94. The van der Waals surface area contributed by atoms with Crippen molar-refractivity contribution in [3.05, 3.63) is 0 Å². The number of alkyl halides is 6. The normalized spacial score (nSPS) is 14.2. The molecule has 0 aromatic rings. The molecule has 0 unspecified atom stereocenters. The summed E-state index contributed by atoms with van der Waals surface area (Å²) < 4.78 is -2.89. The monoisotopic (exact) mass is 290 g/mol. The molecule has 0 fully saturated rings. The molecule has 0 bridgehead atoms. The van der Waals surface area contributed by atoms with E-state index < -0.39 is 7.59 Å². The lowest BCUT2D eigenvalue weighted by Gasteiger charge is -2.06. The molecule has 0 aliphatic carbocycles. The zero-order valence-corrected chi connectivity index (χ0v) is 10.1. The van der Waals surface area contributed by atoms with Crippen LogP contribution in [0.3, 0.4) is 0 Å². The molecule has 72 valence electrons. The van der Waals surface area contributed by atoms with Crippen molar-refractivity contribution in [2.75, 3.05) is 13.1 Å². The van der Waals surface area contributed by atoms with Crippen molar-refractivity contribution < 1.29 is 0 Å². The lowest BCUT2D eigenvalue weighted by molar-refractivity contribution is 0.842. The predicted molar refractivity (Wildman–Crippen MR) is 55.2 cm³/mol. The molecule has 0 saturated carbocycles. The maximum absolute atomic E-state index is 5.36. The van der Waals surface area contributed by atoms with Gasteiger partial charge in [0.2, 0.25) is 7.59 Å². The predicted octanol–water partition coefficient (Wildman–Crippen LogP) is 4.18. The number of nitrogens with zero attached hydrogens (tertiary/aromatic N) is 2. The first kappa shape index (κ1) is 13.3. The Morgan fingerprint density at radius 3 is 1.08 bits per heavy atom. The first-order valence-electron chi connectivity index (χ1n) is 2.67. The van der Waals surface area contributed by atoms with Gasteiger partial charge >= 0.3 is 0 Å². The Balaban J connectivity index is 3.66. The van der Waals surface area contributed by atoms with Crippen LogP contribution in [-0.2, 0) is 0 Å². The maximum Gasteiger partial charge on any atom is 0.211 e. The maximum atomic E-state index is 5.36. The largest absolute Gasteiger partial charge is 0.211 e. The number of hydrogen-bond donors (Lipinski definition) is 0. The molecule has 2 nitrogen and oxygen atoms in total. The SMILES string of the molecule is ClC(Cl)(Cl)CN=NCC(Cl)(Cl)Cl. The smallest absolute Gasteiger partial charge is 0.190 e. The summed E-state index contributed by atoms with van der Waals surface area (Å²) in [6.45, 7) is -0.114. The quantitative estimate of drug-likeness (QED) is 0.539. The Morgan fingerprint density at radius 1 is 0.667 bits per heavy atom. The molecule has 8 heteroatoms. The van der Waals surface area contributed by atoms with Crippen molar-refractivity contribution >= 4 is 69.6 Å². The van der Waals surface area contributed by atoms with Crippen molar-refractivity contribution in [3.63, 3.8) is 0 Å². The van der Waals surface area contributed by atoms with Crippen LogP contribution in [0.2, 0.25) is 0 Å². The van der Waals surface area contributed by atoms with Crippen molar-refractivity contribution in [1.29, 1.82) is 0 Å². The van der Waals surface area contributed by atoms with Crippen molar-refractivity contribution in [1.82, 2.24) is 0 Å². The van der Waals surface area contributed by atoms with Gasteiger partial charge in [0.05, 0.1) is 0 Å². The first-order chi connectivity index (χ1) is 5.21. The highest BCUT2D eigenvalue weighted by molar-refractivity contribution is 6.68. The van der Waals surface area contributed by atoms with Crippen LogP contribution in [0.5, 0.6) is 0 Å². The second-order valence-electron chi connectivity index (χ2n) is 1.83. The average Bonchev–Trinajstić information content (AvgIpc) is 1.76. The standard InChI is InChI=1S/C4H4Cl6N2/c5-3(6,7)1-11-12-2-4(8,9)10/h1-2H2. The highest BCUT2D eigenvalue weighted by atomic mass is 35.6. The van der Waals surface area contributed by atoms with Crippen LogP contribution in [0, 0.1) is 0 Å². The number of halogens is 6. The van der Waals surface area contributed by atoms with Crippen molar-refractivity contribution in [2.24, 2.45) is 10.2 Å². The van der Waals surface area contributed by atoms with E-state index in [0.29, 0.717) is 0 Å². The molecule has 0 radical (unpaired) electrons. The Kier molecular flexibility index (Phi) is 5.87. The van der Waals surface area contributed by atoms with Gasteiger partial charge in [-0.3, -0.25) is 0 Å². The third-order valence-corrected chi connectivity index (χ3v) is 1.32. The van der Waals surface area contributed by atoms with E-state index in [2.05, 4.69) is 10.2 Å². The molecule has 0 aliphatic heterocycles. The van der Waals surface area contributed by atoms with E-state index in [0.717, 1.165) is 0 Å². The molecular weight excluding hydrogens is 289 g/mol. The third-order valence-electron chi connectivity index (χ3n) is 0.600. The van der Waals surface area contributed by atoms with Gasteiger partial charge in [-0.15, -0.1) is 0 Å². The Labute approximate surface area is 100 Å². The Morgan fingerprint density at radius 2 is 0.917 bits per heavy atom. The van der Waals surface area contributed by atoms with E-state index >= 15 is 0 Å². The fourth-order valence-electron chi connectivity index (χ4n) is 0.260. The molecular formula is C4H4Cl6N2. The van der Waals surface area contributed by atoms with E-state index in [1.165, 1.54) is 0 Å². The molecule has 12 heavy (non-hydrogen) atoms. The summed E-state index contributed by atoms with van der Waals surface area (Å²) in [6, 6.07) is 0. The molecule has 0 saturated heterocycles. The van der Waals surface area contributed by atoms with Crippen LogP contribution in [0.1, 0.15) is 0 Å². The Bertz CT molecular complexity index is 138. The zero-order chi connectivity index (χ0) is 9.83. The molecule has 0 aromatic carbocycles. The van der Waals surface area contributed by atoms with Crippen molar-refractivity contribution in [2.45, 2.75) is 7.59 Å².